The van der Waals surface area contributed by atoms with Crippen molar-refractivity contribution in [1.82, 2.24) is 4.31 Å². The normalized spacial score (nSPS) is 20.4. The predicted octanol–water partition coefficient (Wildman–Crippen LogP) is 0.757. The molecule has 2 unspecified atom stereocenters. The molecule has 9 heteroatoms. The van der Waals surface area contributed by atoms with E-state index in [4.69, 9.17) is 9.47 Å². The fourth-order valence-electron chi connectivity index (χ4n) is 2.32. The number of ketones is 1. The van der Waals surface area contributed by atoms with Gasteiger partial charge in [0.1, 0.15) is 12.6 Å². The van der Waals surface area contributed by atoms with Crippen molar-refractivity contribution < 1.29 is 32.3 Å². The van der Waals surface area contributed by atoms with Crippen LogP contribution >= 0.6 is 0 Å². The second-order valence-corrected chi connectivity index (χ2v) is 7.85. The molecule has 2 atom stereocenters. The highest BCUT2D eigenvalue weighted by Crippen LogP contribution is 2.19. The van der Waals surface area contributed by atoms with Gasteiger partial charge in [-0.15, -0.1) is 0 Å². The highest BCUT2D eigenvalue weighted by molar-refractivity contribution is 7.89. The van der Waals surface area contributed by atoms with Gasteiger partial charge in [-0.1, -0.05) is 12.1 Å². The van der Waals surface area contributed by atoms with Crippen LogP contribution in [-0.4, -0.2) is 56.2 Å². The minimum Gasteiger partial charge on any atom is -0.460 e. The molecule has 2 rings (SSSR count). The first kappa shape index (κ1) is 19.1. The van der Waals surface area contributed by atoms with E-state index >= 15 is 0 Å². The van der Waals surface area contributed by atoms with E-state index in [1.165, 1.54) is 38.2 Å². The lowest BCUT2D eigenvalue weighted by Gasteiger charge is -2.17. The molecule has 0 amide bonds. The highest BCUT2D eigenvalue weighted by atomic mass is 32.2. The molecule has 1 fully saturated rings. The number of carbonyl (C=O) groups is 3. The summed E-state index contributed by atoms with van der Waals surface area (Å²) in [5.41, 5.74) is 0.384. The van der Waals surface area contributed by atoms with Crippen LogP contribution in [0.1, 0.15) is 30.6 Å². The molecular formula is C16H19NO7S. The second kappa shape index (κ2) is 7.32. The van der Waals surface area contributed by atoms with Crippen molar-refractivity contribution in [2.45, 2.75) is 37.4 Å². The van der Waals surface area contributed by atoms with Crippen LogP contribution in [0.5, 0.6) is 0 Å². The van der Waals surface area contributed by atoms with Gasteiger partial charge in [-0.25, -0.2) is 13.2 Å². The van der Waals surface area contributed by atoms with Crippen molar-refractivity contribution >= 4 is 27.7 Å². The number of sulfonamides is 1. The fraction of sp³-hybridized carbons (Fsp3) is 0.438. The Balaban J connectivity index is 2.03. The smallest absolute Gasteiger partial charge is 0.347 e. The van der Waals surface area contributed by atoms with Gasteiger partial charge in [0.2, 0.25) is 16.1 Å². The molecule has 1 aromatic rings. The van der Waals surface area contributed by atoms with Crippen molar-refractivity contribution in [2.24, 2.45) is 0 Å². The second-order valence-electron chi connectivity index (χ2n) is 5.80. The number of Topliss-reactive ketones (excluding diaryl/α,β-unsaturated/α-hetero) is 1. The molecule has 1 saturated heterocycles. The van der Waals surface area contributed by atoms with Crippen LogP contribution in [-0.2, 0) is 29.1 Å². The van der Waals surface area contributed by atoms with Crippen LogP contribution in [0.25, 0.3) is 0 Å². The van der Waals surface area contributed by atoms with Crippen molar-refractivity contribution in [3.05, 3.63) is 29.8 Å². The lowest BCUT2D eigenvalue weighted by molar-refractivity contribution is -0.160. The zero-order chi connectivity index (χ0) is 18.8. The van der Waals surface area contributed by atoms with E-state index in [0.29, 0.717) is 5.56 Å². The molecule has 0 radical (unpaired) electrons. The summed E-state index contributed by atoms with van der Waals surface area (Å²) in [5, 5.41) is 0. The number of hydrogen-bond acceptors (Lipinski definition) is 7. The van der Waals surface area contributed by atoms with Gasteiger partial charge < -0.3 is 9.47 Å². The van der Waals surface area contributed by atoms with Crippen LogP contribution in [0.2, 0.25) is 0 Å². The number of esters is 2. The van der Waals surface area contributed by atoms with Crippen LogP contribution in [0, 0.1) is 0 Å². The zero-order valence-corrected chi connectivity index (χ0v) is 14.9. The molecule has 1 aromatic carbocycles. The van der Waals surface area contributed by atoms with Crippen molar-refractivity contribution in [2.75, 3.05) is 13.6 Å². The molecular weight excluding hydrogens is 350 g/mol. The SMILES string of the molecule is CC(=O)c1ccc(S(=O)(=O)N(C)CC(=O)OC2CC(C)OC2=O)cc1. The van der Waals surface area contributed by atoms with Gasteiger partial charge in [-0.2, -0.15) is 4.31 Å². The standard InChI is InChI=1S/C16H19NO7S/c1-10-8-14(16(20)23-10)24-15(19)9-17(3)25(21,22)13-6-4-12(5-7-13)11(2)18/h4-7,10,14H,8-9H2,1-3H3. The molecule has 8 nitrogen and oxygen atoms in total. The Hall–Kier alpha value is -2.26. The third-order valence-corrected chi connectivity index (χ3v) is 5.54. The van der Waals surface area contributed by atoms with Crippen LogP contribution in [0.4, 0.5) is 0 Å². The average Bonchev–Trinajstić information content (AvgIpc) is 2.84. The number of benzene rings is 1. The first-order chi connectivity index (χ1) is 11.6. The monoisotopic (exact) mass is 369 g/mol. The molecule has 136 valence electrons. The van der Waals surface area contributed by atoms with E-state index in [1.54, 1.807) is 6.92 Å². The first-order valence-electron chi connectivity index (χ1n) is 7.58. The Morgan fingerprint density at radius 2 is 1.88 bits per heavy atom. The van der Waals surface area contributed by atoms with Gasteiger partial charge in [-0.05, 0) is 26.0 Å². The van der Waals surface area contributed by atoms with E-state index in [2.05, 4.69) is 0 Å². The summed E-state index contributed by atoms with van der Waals surface area (Å²) in [4.78, 5) is 34.5. The lowest BCUT2D eigenvalue weighted by Crippen LogP contribution is -2.35. The average molecular weight is 369 g/mol. The fourth-order valence-corrected chi connectivity index (χ4v) is 3.44. The van der Waals surface area contributed by atoms with E-state index in [0.717, 1.165) is 4.31 Å². The van der Waals surface area contributed by atoms with Gasteiger partial charge in [0.25, 0.3) is 0 Å². The predicted molar refractivity (Wildman–Crippen MR) is 86.3 cm³/mol. The molecule has 1 heterocycles. The summed E-state index contributed by atoms with van der Waals surface area (Å²) < 4.78 is 35.6. The molecule has 1 aliphatic heterocycles. The van der Waals surface area contributed by atoms with Crippen LogP contribution in [0.3, 0.4) is 0 Å². The molecule has 0 bridgehead atoms. The first-order valence-corrected chi connectivity index (χ1v) is 9.02. The van der Waals surface area contributed by atoms with Crippen LogP contribution in [0.15, 0.2) is 29.2 Å². The van der Waals surface area contributed by atoms with Gasteiger partial charge in [-0.3, -0.25) is 9.59 Å². The van der Waals surface area contributed by atoms with Crippen molar-refractivity contribution in [3.8, 4) is 0 Å². The van der Waals surface area contributed by atoms with Gasteiger partial charge in [0, 0.05) is 19.0 Å². The Morgan fingerprint density at radius 3 is 2.36 bits per heavy atom. The Bertz CT molecular complexity index is 785. The third kappa shape index (κ3) is 4.43. The number of rotatable bonds is 6. The minimum atomic E-state index is -3.93. The number of hydrogen-bond donors (Lipinski definition) is 0. The maximum atomic E-state index is 12.4. The Labute approximate surface area is 145 Å². The number of likely N-dealkylation sites (N-methyl/N-ethyl adjacent to an activating group) is 1. The Kier molecular flexibility index (Phi) is 5.58. The van der Waals surface area contributed by atoms with Gasteiger partial charge in [0.15, 0.2) is 5.78 Å². The Morgan fingerprint density at radius 1 is 1.28 bits per heavy atom. The number of cyclic esters (lactones) is 1. The van der Waals surface area contributed by atoms with Crippen molar-refractivity contribution in [3.63, 3.8) is 0 Å². The van der Waals surface area contributed by atoms with Crippen molar-refractivity contribution in [1.29, 1.82) is 0 Å². The zero-order valence-electron chi connectivity index (χ0n) is 14.1. The molecule has 0 N–H and O–H groups in total. The number of carbonyl (C=O) groups excluding carboxylic acids is 3. The molecule has 25 heavy (non-hydrogen) atoms. The molecule has 0 saturated carbocycles. The van der Waals surface area contributed by atoms with E-state index in [9.17, 15) is 22.8 Å². The summed E-state index contributed by atoms with van der Waals surface area (Å²) in [5.74, 6) is -1.66. The maximum absolute atomic E-state index is 12.4. The summed E-state index contributed by atoms with van der Waals surface area (Å²) in [7, 11) is -2.70. The molecule has 0 aromatic heterocycles. The quantitative estimate of drug-likeness (QED) is 0.538. The molecule has 0 aliphatic carbocycles. The number of ether oxygens (including phenoxy) is 2. The van der Waals surface area contributed by atoms with E-state index in [-0.39, 0.29) is 23.2 Å². The molecule has 1 aliphatic rings. The summed E-state index contributed by atoms with van der Waals surface area (Å²) in [6.07, 6.45) is -1.10. The van der Waals surface area contributed by atoms with Gasteiger partial charge in [0.05, 0.1) is 4.90 Å². The molecule has 0 spiro atoms. The lowest BCUT2D eigenvalue weighted by atomic mass is 10.2. The summed E-state index contributed by atoms with van der Waals surface area (Å²) in [6, 6.07) is 5.39. The maximum Gasteiger partial charge on any atom is 0.347 e. The van der Waals surface area contributed by atoms with Crippen LogP contribution < -0.4 is 0 Å². The highest BCUT2D eigenvalue weighted by Gasteiger charge is 2.35. The summed E-state index contributed by atoms with van der Waals surface area (Å²) >= 11 is 0. The number of nitrogens with zero attached hydrogens (tertiary/aromatic N) is 1. The topological polar surface area (TPSA) is 107 Å². The minimum absolute atomic E-state index is 0.0540. The summed E-state index contributed by atoms with van der Waals surface area (Å²) in [6.45, 7) is 2.50. The van der Waals surface area contributed by atoms with Gasteiger partial charge >= 0.3 is 11.9 Å². The largest absolute Gasteiger partial charge is 0.460 e. The van der Waals surface area contributed by atoms with E-state index < -0.39 is 34.6 Å². The van der Waals surface area contributed by atoms with E-state index in [1.807, 2.05) is 0 Å². The third-order valence-electron chi connectivity index (χ3n) is 3.72.